The lowest BCUT2D eigenvalue weighted by Crippen LogP contribution is -2.26. The molecule has 1 aromatic carbocycles. The Bertz CT molecular complexity index is 823. The van der Waals surface area contributed by atoms with E-state index >= 15 is 0 Å². The first-order valence-corrected chi connectivity index (χ1v) is 8.58. The summed E-state index contributed by atoms with van der Waals surface area (Å²) in [7, 11) is -3.65. The van der Waals surface area contributed by atoms with E-state index in [1.54, 1.807) is 19.1 Å². The van der Waals surface area contributed by atoms with Crippen LogP contribution in [0.1, 0.15) is 25.2 Å². The van der Waals surface area contributed by atoms with Crippen molar-refractivity contribution in [3.8, 4) is 5.75 Å². The zero-order valence-electron chi connectivity index (χ0n) is 13.1. The van der Waals surface area contributed by atoms with Gasteiger partial charge in [-0.05, 0) is 44.5 Å². The Balaban J connectivity index is 2.04. The maximum atomic E-state index is 12.2. The largest absolute Gasteiger partial charge is 0.491 e. The maximum absolute atomic E-state index is 12.2. The Morgan fingerprint density at radius 2 is 2.13 bits per heavy atom. The first-order valence-electron chi connectivity index (χ1n) is 7.10. The zero-order valence-corrected chi connectivity index (χ0v) is 13.9. The first kappa shape index (κ1) is 17.2. The van der Waals surface area contributed by atoms with Gasteiger partial charge in [0.2, 0.25) is 10.0 Å². The van der Waals surface area contributed by atoms with Gasteiger partial charge in [-0.3, -0.25) is 9.51 Å². The fourth-order valence-electron chi connectivity index (χ4n) is 1.93. The van der Waals surface area contributed by atoms with E-state index in [0.717, 1.165) is 5.56 Å². The average molecular weight is 341 g/mol. The van der Waals surface area contributed by atoms with Crippen LogP contribution in [0, 0.1) is 6.92 Å². The van der Waals surface area contributed by atoms with Crippen molar-refractivity contribution >= 4 is 10.0 Å². The highest BCUT2D eigenvalue weighted by molar-refractivity contribution is 7.89. The van der Waals surface area contributed by atoms with Gasteiger partial charge in [-0.2, -0.15) is 0 Å². The number of aryl methyl sites for hydroxylation is 1. The Morgan fingerprint density at radius 1 is 1.39 bits per heavy atom. The summed E-state index contributed by atoms with van der Waals surface area (Å²) in [6, 6.07) is 4.68. The van der Waals surface area contributed by atoms with Crippen LogP contribution in [0.2, 0.25) is 0 Å². The molecule has 0 aliphatic carbocycles. The van der Waals surface area contributed by atoms with E-state index in [0.29, 0.717) is 5.75 Å². The number of sulfonamides is 1. The molecule has 0 saturated heterocycles. The Labute approximate surface area is 133 Å². The fourth-order valence-corrected chi connectivity index (χ4v) is 3.05. The van der Waals surface area contributed by atoms with E-state index in [9.17, 15) is 13.2 Å². The molecule has 8 nitrogen and oxygen atoms in total. The number of H-pyrrole nitrogens is 1. The summed E-state index contributed by atoms with van der Waals surface area (Å²) in [6.45, 7) is 5.69. The van der Waals surface area contributed by atoms with Crippen LogP contribution in [0.25, 0.3) is 0 Å². The SMILES string of the molecule is Cc1cc(S(=O)(=O)NCCc2noc(=O)[nH]2)ccc1OC(C)C. The molecule has 2 rings (SSSR count). The molecule has 1 aromatic heterocycles. The molecule has 0 amide bonds. The summed E-state index contributed by atoms with van der Waals surface area (Å²) in [4.78, 5) is 13.3. The molecule has 1 heterocycles. The van der Waals surface area contributed by atoms with Crippen molar-refractivity contribution in [2.24, 2.45) is 0 Å². The van der Waals surface area contributed by atoms with Crippen molar-refractivity contribution in [2.75, 3.05) is 6.54 Å². The third-order valence-electron chi connectivity index (χ3n) is 2.96. The molecule has 0 fully saturated rings. The van der Waals surface area contributed by atoms with Gasteiger partial charge in [0.1, 0.15) is 5.75 Å². The van der Waals surface area contributed by atoms with E-state index in [2.05, 4.69) is 19.4 Å². The number of nitrogens with zero attached hydrogens (tertiary/aromatic N) is 1. The van der Waals surface area contributed by atoms with Gasteiger partial charge < -0.3 is 4.74 Å². The molecule has 0 radical (unpaired) electrons. The lowest BCUT2D eigenvalue weighted by atomic mass is 10.2. The van der Waals surface area contributed by atoms with Crippen LogP contribution < -0.4 is 15.2 Å². The molecule has 0 unspecified atom stereocenters. The van der Waals surface area contributed by atoms with Crippen LogP contribution in [-0.2, 0) is 16.4 Å². The smallest absolute Gasteiger partial charge is 0.438 e. The number of hydrogen-bond acceptors (Lipinski definition) is 6. The Morgan fingerprint density at radius 3 is 2.70 bits per heavy atom. The van der Waals surface area contributed by atoms with Crippen molar-refractivity contribution in [1.29, 1.82) is 0 Å². The molecule has 2 aromatic rings. The highest BCUT2D eigenvalue weighted by Gasteiger charge is 2.16. The number of benzene rings is 1. The predicted molar refractivity (Wildman–Crippen MR) is 83.0 cm³/mol. The van der Waals surface area contributed by atoms with Crippen LogP contribution in [0.5, 0.6) is 5.75 Å². The van der Waals surface area contributed by atoms with Crippen molar-refractivity contribution in [1.82, 2.24) is 14.9 Å². The molecular formula is C14H19N3O5S. The first-order chi connectivity index (χ1) is 10.8. The summed E-state index contributed by atoms with van der Waals surface area (Å²) in [5, 5.41) is 3.47. The monoisotopic (exact) mass is 341 g/mol. The summed E-state index contributed by atoms with van der Waals surface area (Å²) < 4.78 is 36.9. The summed E-state index contributed by atoms with van der Waals surface area (Å²) >= 11 is 0. The normalized spacial score (nSPS) is 11.8. The van der Waals surface area contributed by atoms with Crippen molar-refractivity contribution in [3.63, 3.8) is 0 Å². The fraction of sp³-hybridized carbons (Fsp3) is 0.429. The summed E-state index contributed by atoms with van der Waals surface area (Å²) in [6.07, 6.45) is 0.234. The van der Waals surface area contributed by atoms with Crippen molar-refractivity contribution < 1.29 is 17.7 Å². The maximum Gasteiger partial charge on any atom is 0.438 e. The molecule has 9 heteroatoms. The van der Waals surface area contributed by atoms with Crippen LogP contribution in [0.3, 0.4) is 0 Å². The molecule has 0 spiro atoms. The van der Waals surface area contributed by atoms with Gasteiger partial charge in [-0.25, -0.2) is 17.9 Å². The lowest BCUT2D eigenvalue weighted by molar-refractivity contribution is 0.240. The van der Waals surface area contributed by atoms with Gasteiger partial charge in [0.15, 0.2) is 5.82 Å². The standard InChI is InChI=1S/C14H19N3O5S/c1-9(2)21-12-5-4-11(8-10(12)3)23(19,20)15-7-6-13-16-14(18)22-17-13/h4-5,8-9,15H,6-7H2,1-3H3,(H,16,17,18). The third kappa shape index (κ3) is 4.67. The van der Waals surface area contributed by atoms with E-state index < -0.39 is 15.8 Å². The number of rotatable bonds is 7. The molecule has 0 saturated carbocycles. The highest BCUT2D eigenvalue weighted by atomic mass is 32.2. The highest BCUT2D eigenvalue weighted by Crippen LogP contribution is 2.22. The van der Waals surface area contributed by atoms with Gasteiger partial charge >= 0.3 is 5.76 Å². The van der Waals surface area contributed by atoms with Gasteiger partial charge in [0.05, 0.1) is 11.0 Å². The topological polar surface area (TPSA) is 114 Å². The van der Waals surface area contributed by atoms with Gasteiger partial charge in [-0.15, -0.1) is 0 Å². The summed E-state index contributed by atoms with van der Waals surface area (Å²) in [5.74, 6) is 0.271. The van der Waals surface area contributed by atoms with Gasteiger partial charge in [-0.1, -0.05) is 5.16 Å². The van der Waals surface area contributed by atoms with E-state index in [1.807, 2.05) is 13.8 Å². The zero-order chi connectivity index (χ0) is 17.0. The van der Waals surface area contributed by atoms with Crippen molar-refractivity contribution in [3.05, 3.63) is 40.1 Å². The predicted octanol–water partition coefficient (Wildman–Crippen LogP) is 0.980. The Kier molecular flexibility index (Phi) is 5.22. The molecule has 2 N–H and O–H groups in total. The number of aromatic nitrogens is 2. The molecule has 23 heavy (non-hydrogen) atoms. The summed E-state index contributed by atoms with van der Waals surface area (Å²) in [5.41, 5.74) is 0.738. The Hall–Kier alpha value is -2.13. The third-order valence-corrected chi connectivity index (χ3v) is 4.42. The van der Waals surface area contributed by atoms with E-state index in [4.69, 9.17) is 4.74 Å². The van der Waals surface area contributed by atoms with E-state index in [-0.39, 0.29) is 29.8 Å². The van der Waals surface area contributed by atoms with Crippen LogP contribution in [0.4, 0.5) is 0 Å². The minimum Gasteiger partial charge on any atom is -0.491 e. The molecule has 126 valence electrons. The minimum absolute atomic E-state index is 0.0129. The lowest BCUT2D eigenvalue weighted by Gasteiger charge is -2.13. The minimum atomic E-state index is -3.65. The second kappa shape index (κ2) is 6.97. The number of nitrogens with one attached hydrogen (secondary N) is 2. The second-order valence-electron chi connectivity index (χ2n) is 5.28. The van der Waals surface area contributed by atoms with Crippen molar-refractivity contribution in [2.45, 2.75) is 38.2 Å². The average Bonchev–Trinajstić information content (AvgIpc) is 2.86. The second-order valence-corrected chi connectivity index (χ2v) is 7.05. The molecule has 0 bridgehead atoms. The van der Waals surface area contributed by atoms with Gasteiger partial charge in [0.25, 0.3) is 0 Å². The number of aromatic amines is 1. The molecule has 0 aliphatic heterocycles. The molecule has 0 atom stereocenters. The molecule has 0 aliphatic rings. The van der Waals surface area contributed by atoms with Crippen LogP contribution >= 0.6 is 0 Å². The number of ether oxygens (including phenoxy) is 1. The molecular weight excluding hydrogens is 322 g/mol. The van der Waals surface area contributed by atoms with E-state index in [1.165, 1.54) is 6.07 Å². The van der Waals surface area contributed by atoms with Gasteiger partial charge in [0, 0.05) is 13.0 Å². The number of hydrogen-bond donors (Lipinski definition) is 2. The quantitative estimate of drug-likeness (QED) is 0.776. The van der Waals surface area contributed by atoms with Crippen LogP contribution in [-0.4, -0.2) is 31.2 Å². The van der Waals surface area contributed by atoms with Crippen LogP contribution in [0.15, 0.2) is 32.4 Å².